The lowest BCUT2D eigenvalue weighted by molar-refractivity contribution is -0.0979. The van der Waals surface area contributed by atoms with Gasteiger partial charge in [0.2, 0.25) is 0 Å². The third-order valence-corrected chi connectivity index (χ3v) is 11.8. The zero-order valence-corrected chi connectivity index (χ0v) is 22.4. The van der Waals surface area contributed by atoms with Crippen LogP contribution in [0.1, 0.15) is 106 Å². The molecule has 0 radical (unpaired) electrons. The molecule has 4 aliphatic rings. The van der Waals surface area contributed by atoms with E-state index in [-0.39, 0.29) is 40.3 Å². The molecule has 0 bridgehead atoms. The Kier molecular flexibility index (Phi) is 6.55. The zero-order chi connectivity index (χ0) is 24.4. The van der Waals surface area contributed by atoms with Crippen LogP contribution >= 0.6 is 0 Å². The van der Waals surface area contributed by atoms with Gasteiger partial charge >= 0.3 is 0 Å². The predicted molar refractivity (Wildman–Crippen MR) is 136 cm³/mol. The minimum absolute atomic E-state index is 0.0254. The molecule has 0 heterocycles. The summed E-state index contributed by atoms with van der Waals surface area (Å²) in [5.74, 6) is 0.858. The van der Waals surface area contributed by atoms with E-state index in [1.165, 1.54) is 18.4 Å². The van der Waals surface area contributed by atoms with Crippen LogP contribution in [0.2, 0.25) is 0 Å². The molecule has 0 aliphatic heterocycles. The van der Waals surface area contributed by atoms with Gasteiger partial charge in [0.25, 0.3) is 0 Å². The lowest BCUT2D eigenvalue weighted by atomic mass is 9.43. The lowest BCUT2D eigenvalue weighted by Crippen LogP contribution is -2.55. The van der Waals surface area contributed by atoms with Gasteiger partial charge in [-0.2, -0.15) is 0 Å². The molecule has 4 aliphatic carbocycles. The summed E-state index contributed by atoms with van der Waals surface area (Å²) in [7, 11) is 0. The van der Waals surface area contributed by atoms with E-state index in [4.69, 9.17) is 0 Å². The molecule has 33 heavy (non-hydrogen) atoms. The number of hydrogen-bond acceptors (Lipinski definition) is 3. The summed E-state index contributed by atoms with van der Waals surface area (Å²) in [6, 6.07) is 0. The number of rotatable bonds is 5. The van der Waals surface area contributed by atoms with Crippen molar-refractivity contribution >= 4 is 0 Å². The first kappa shape index (κ1) is 25.5. The average Bonchev–Trinajstić information content (AvgIpc) is 3.02. The Labute approximate surface area is 202 Å². The first-order chi connectivity index (χ1) is 15.3. The predicted octanol–water partition coefficient (Wildman–Crippen LogP) is 6.42. The van der Waals surface area contributed by atoms with Gasteiger partial charge in [-0.1, -0.05) is 57.4 Å². The summed E-state index contributed by atoms with van der Waals surface area (Å²) in [5, 5.41) is 32.3. The molecule has 0 aromatic heterocycles. The number of fused-ring (bicyclic) bond motifs is 4. The topological polar surface area (TPSA) is 60.7 Å². The van der Waals surface area contributed by atoms with Crippen molar-refractivity contribution in [1.82, 2.24) is 0 Å². The van der Waals surface area contributed by atoms with E-state index in [2.05, 4.69) is 54.5 Å². The van der Waals surface area contributed by atoms with Gasteiger partial charge in [-0.25, -0.2) is 0 Å². The highest BCUT2D eigenvalue weighted by molar-refractivity contribution is 5.38. The van der Waals surface area contributed by atoms with Crippen molar-refractivity contribution in [2.24, 2.45) is 39.4 Å². The quantitative estimate of drug-likeness (QED) is 0.416. The van der Waals surface area contributed by atoms with E-state index in [1.807, 2.05) is 0 Å². The van der Waals surface area contributed by atoms with Crippen LogP contribution in [0.3, 0.4) is 0 Å². The van der Waals surface area contributed by atoms with Crippen LogP contribution in [0, 0.1) is 39.4 Å². The van der Waals surface area contributed by atoms with Gasteiger partial charge in [0, 0.05) is 12.5 Å². The summed E-state index contributed by atoms with van der Waals surface area (Å²) >= 11 is 0. The second kappa shape index (κ2) is 8.49. The smallest absolute Gasteiger partial charge is 0.0627 e. The Morgan fingerprint density at radius 3 is 2.30 bits per heavy atom. The second-order valence-electron chi connectivity index (χ2n) is 13.7. The monoisotopic (exact) mass is 458 g/mol. The van der Waals surface area contributed by atoms with Crippen LogP contribution in [-0.2, 0) is 0 Å². The normalized spacial score (nSPS) is 43.9. The van der Waals surface area contributed by atoms with Crippen LogP contribution in [0.4, 0.5) is 0 Å². The van der Waals surface area contributed by atoms with E-state index >= 15 is 0 Å². The Bertz CT molecular complexity index is 820. The molecule has 3 N–H and O–H groups in total. The van der Waals surface area contributed by atoms with Crippen LogP contribution in [0.25, 0.3) is 0 Å². The van der Waals surface area contributed by atoms with Gasteiger partial charge in [-0.3, -0.25) is 0 Å². The van der Waals surface area contributed by atoms with Crippen LogP contribution in [0.5, 0.6) is 0 Å². The van der Waals surface area contributed by atoms with Crippen molar-refractivity contribution in [2.75, 3.05) is 6.61 Å². The highest BCUT2D eigenvalue weighted by Crippen LogP contribution is 2.72. The van der Waals surface area contributed by atoms with Gasteiger partial charge in [0.1, 0.15) is 0 Å². The number of aliphatic hydroxyl groups excluding tert-OH is 3. The summed E-state index contributed by atoms with van der Waals surface area (Å²) < 4.78 is 0. The molecule has 0 aromatic carbocycles. The maximum Gasteiger partial charge on any atom is 0.0627 e. The molecule has 2 fully saturated rings. The summed E-state index contributed by atoms with van der Waals surface area (Å²) in [6.45, 7) is 16.3. The molecule has 4 rings (SSSR count). The number of allylic oxidation sites excluding steroid dienone is 3. The van der Waals surface area contributed by atoms with E-state index in [1.54, 1.807) is 11.1 Å². The maximum atomic E-state index is 11.1. The van der Waals surface area contributed by atoms with Gasteiger partial charge in [-0.15, -0.1) is 0 Å². The average molecular weight is 459 g/mol. The molecular formula is C30H50O3. The highest BCUT2D eigenvalue weighted by atomic mass is 16.3. The van der Waals surface area contributed by atoms with E-state index in [0.29, 0.717) is 18.3 Å². The summed E-state index contributed by atoms with van der Waals surface area (Å²) in [5.41, 5.74) is 5.14. The third-order valence-electron chi connectivity index (χ3n) is 11.8. The molecule has 3 nitrogen and oxygen atoms in total. The van der Waals surface area contributed by atoms with E-state index in [0.717, 1.165) is 38.5 Å². The van der Waals surface area contributed by atoms with Gasteiger partial charge in [-0.05, 0) is 105 Å². The molecule has 8 atom stereocenters. The Morgan fingerprint density at radius 2 is 1.67 bits per heavy atom. The first-order valence-electron chi connectivity index (χ1n) is 13.7. The van der Waals surface area contributed by atoms with Crippen molar-refractivity contribution < 1.29 is 15.3 Å². The number of aliphatic hydroxyl groups is 3. The lowest BCUT2D eigenvalue weighted by Gasteiger charge is -2.62. The zero-order valence-electron chi connectivity index (χ0n) is 22.4. The van der Waals surface area contributed by atoms with Crippen molar-refractivity contribution in [3.05, 3.63) is 22.8 Å². The Balaban J connectivity index is 1.68. The highest BCUT2D eigenvalue weighted by Gasteiger charge is 2.63. The molecule has 0 saturated heterocycles. The van der Waals surface area contributed by atoms with Crippen LogP contribution < -0.4 is 0 Å². The Hall–Kier alpha value is -0.640. The van der Waals surface area contributed by atoms with Crippen molar-refractivity contribution in [3.63, 3.8) is 0 Å². The van der Waals surface area contributed by atoms with Crippen molar-refractivity contribution in [2.45, 2.75) is 118 Å². The van der Waals surface area contributed by atoms with Crippen LogP contribution in [-0.4, -0.2) is 34.1 Å². The fourth-order valence-electron chi connectivity index (χ4n) is 9.45. The fraction of sp³-hybridized carbons (Fsp3) is 0.867. The van der Waals surface area contributed by atoms with Crippen molar-refractivity contribution in [3.8, 4) is 0 Å². The minimum Gasteiger partial charge on any atom is -0.396 e. The molecule has 1 unspecified atom stereocenters. The SMILES string of the molecule is CC(C)=CCC(O)[C@@H](CO)[C@H]1CC[C@@]2(C)C3=C(CC[C@]12C)[C@@]1(C)CC[C@H](O)C(C)(C)[C@@H]1CC3. The molecule has 3 heteroatoms. The van der Waals surface area contributed by atoms with Gasteiger partial charge in [0.05, 0.1) is 12.2 Å². The van der Waals surface area contributed by atoms with Crippen molar-refractivity contribution in [1.29, 1.82) is 0 Å². The van der Waals surface area contributed by atoms with Gasteiger partial charge in [0.15, 0.2) is 0 Å². The summed E-state index contributed by atoms with van der Waals surface area (Å²) in [4.78, 5) is 0. The molecule has 0 spiro atoms. The third kappa shape index (κ3) is 3.62. The van der Waals surface area contributed by atoms with Crippen LogP contribution in [0.15, 0.2) is 22.8 Å². The molecule has 2 saturated carbocycles. The van der Waals surface area contributed by atoms with Gasteiger partial charge < -0.3 is 15.3 Å². The minimum atomic E-state index is -0.474. The summed E-state index contributed by atoms with van der Waals surface area (Å²) in [6.07, 6.45) is 11.0. The maximum absolute atomic E-state index is 11.1. The second-order valence-corrected chi connectivity index (χ2v) is 13.7. The number of hydrogen-bond donors (Lipinski definition) is 3. The Morgan fingerprint density at radius 1 is 0.970 bits per heavy atom. The fourth-order valence-corrected chi connectivity index (χ4v) is 9.45. The van der Waals surface area contributed by atoms with E-state index in [9.17, 15) is 15.3 Å². The van der Waals surface area contributed by atoms with E-state index < -0.39 is 6.10 Å². The molecular weight excluding hydrogens is 408 g/mol. The molecule has 188 valence electrons. The molecule has 0 amide bonds. The standard InChI is InChI=1S/C30H50O3/c1-19(2)8-10-24(32)20(18-31)21-12-16-30(7)23-9-11-25-27(3,4)26(33)14-15-28(25,5)22(23)13-17-29(21,30)6/h8,20-21,24-26,31-33H,9-18H2,1-7H3/t20-,21+,24?,25-,26-,28+,29+,30-/m0/s1. The first-order valence-corrected chi connectivity index (χ1v) is 13.7. The largest absolute Gasteiger partial charge is 0.396 e. The molecule has 0 aromatic rings.